The minimum atomic E-state index is -1.08. The van der Waals surface area contributed by atoms with E-state index < -0.39 is 17.2 Å². The maximum atomic E-state index is 13.4. The van der Waals surface area contributed by atoms with Crippen molar-refractivity contribution in [3.05, 3.63) is 70.3 Å². The zero-order valence-corrected chi connectivity index (χ0v) is 21.0. The van der Waals surface area contributed by atoms with Gasteiger partial charge in [0.25, 0.3) is 5.91 Å². The van der Waals surface area contributed by atoms with Gasteiger partial charge in [0, 0.05) is 23.9 Å². The van der Waals surface area contributed by atoms with Crippen LogP contribution in [0.2, 0.25) is 0 Å². The van der Waals surface area contributed by atoms with E-state index in [1.807, 2.05) is 56.3 Å². The van der Waals surface area contributed by atoms with Crippen LogP contribution in [-0.2, 0) is 16.6 Å². The second kappa shape index (κ2) is 7.65. The van der Waals surface area contributed by atoms with Crippen molar-refractivity contribution >= 4 is 17.8 Å². The van der Waals surface area contributed by atoms with Crippen molar-refractivity contribution in [3.8, 4) is 0 Å². The molecule has 1 aliphatic heterocycles. The highest BCUT2D eigenvalue weighted by atomic mass is 16.3. The van der Waals surface area contributed by atoms with Crippen molar-refractivity contribution in [1.29, 1.82) is 5.41 Å². The Morgan fingerprint density at radius 2 is 1.80 bits per heavy atom. The summed E-state index contributed by atoms with van der Waals surface area (Å²) in [7, 11) is 0. The first-order valence-corrected chi connectivity index (χ1v) is 12.2. The summed E-state index contributed by atoms with van der Waals surface area (Å²) in [5, 5.41) is 25.8. The summed E-state index contributed by atoms with van der Waals surface area (Å²) in [5.74, 6) is -0.244. The van der Waals surface area contributed by atoms with Crippen LogP contribution in [0.5, 0.6) is 0 Å². The molecule has 0 aromatic heterocycles. The monoisotopic (exact) mass is 474 g/mol. The number of hydrogen-bond acceptors (Lipinski definition) is 4. The molecule has 3 aliphatic rings. The topological polar surface area (TPSA) is 106 Å². The molecule has 184 valence electrons. The molecule has 1 unspecified atom stereocenters. The van der Waals surface area contributed by atoms with Gasteiger partial charge in [-0.2, -0.15) is 0 Å². The Morgan fingerprint density at radius 3 is 2.51 bits per heavy atom. The molecule has 3 atom stereocenters. The van der Waals surface area contributed by atoms with E-state index in [9.17, 15) is 14.7 Å². The van der Waals surface area contributed by atoms with E-state index in [1.165, 1.54) is 0 Å². The molecule has 1 saturated heterocycles. The van der Waals surface area contributed by atoms with Crippen molar-refractivity contribution < 1.29 is 14.7 Å². The van der Waals surface area contributed by atoms with Gasteiger partial charge in [-0.15, -0.1) is 0 Å². The third-order valence-corrected chi connectivity index (χ3v) is 7.79. The second-order valence-electron chi connectivity index (χ2n) is 11.8. The highest BCUT2D eigenvalue weighted by Crippen LogP contribution is 2.48. The molecule has 35 heavy (non-hydrogen) atoms. The largest absolute Gasteiger partial charge is 0.387 e. The number of aliphatic hydroxyl groups is 1. The van der Waals surface area contributed by atoms with Gasteiger partial charge < -0.3 is 15.7 Å². The average Bonchev–Trinajstić information content (AvgIpc) is 3.15. The van der Waals surface area contributed by atoms with Crippen molar-refractivity contribution in [2.24, 2.45) is 0 Å². The van der Waals surface area contributed by atoms with Gasteiger partial charge in [0.2, 0.25) is 5.91 Å². The quantitative estimate of drug-likeness (QED) is 0.544. The van der Waals surface area contributed by atoms with Gasteiger partial charge in [-0.3, -0.25) is 19.9 Å². The molecule has 1 fully saturated rings. The Balaban J connectivity index is 1.46. The summed E-state index contributed by atoms with van der Waals surface area (Å²) in [6.07, 6.45) is 1.46. The summed E-state index contributed by atoms with van der Waals surface area (Å²) in [4.78, 5) is 28.1. The molecule has 5 rings (SSSR count). The van der Waals surface area contributed by atoms with Crippen LogP contribution in [0.4, 0.5) is 0 Å². The Bertz CT molecular complexity index is 1230. The molecule has 1 heterocycles. The lowest BCUT2D eigenvalue weighted by molar-refractivity contribution is -0.132. The maximum Gasteiger partial charge on any atom is 0.251 e. The summed E-state index contributed by atoms with van der Waals surface area (Å²) >= 11 is 0. The molecular weight excluding hydrogens is 440 g/mol. The lowest BCUT2D eigenvalue weighted by Gasteiger charge is -2.41. The number of carbonyl (C=O) groups excluding carboxylic acids is 2. The third kappa shape index (κ3) is 3.92. The number of benzene rings is 2. The predicted molar refractivity (Wildman–Crippen MR) is 134 cm³/mol. The molecule has 2 amide bonds. The second-order valence-corrected chi connectivity index (χ2v) is 11.8. The van der Waals surface area contributed by atoms with Crippen molar-refractivity contribution in [2.75, 3.05) is 0 Å². The van der Waals surface area contributed by atoms with Gasteiger partial charge in [0.15, 0.2) is 5.96 Å². The molecule has 0 spiro atoms. The number of amides is 2. The summed E-state index contributed by atoms with van der Waals surface area (Å²) < 4.78 is 0. The molecule has 2 aromatic carbocycles. The van der Waals surface area contributed by atoms with Crippen LogP contribution < -0.4 is 10.6 Å². The average molecular weight is 475 g/mol. The number of guanidine groups is 1. The van der Waals surface area contributed by atoms with Crippen LogP contribution in [0.3, 0.4) is 0 Å². The first-order valence-electron chi connectivity index (χ1n) is 12.2. The lowest BCUT2D eigenvalue weighted by atomic mass is 9.86. The van der Waals surface area contributed by atoms with Gasteiger partial charge in [-0.05, 0) is 67.0 Å². The van der Waals surface area contributed by atoms with E-state index in [0.29, 0.717) is 24.8 Å². The zero-order chi connectivity index (χ0) is 25.3. The van der Waals surface area contributed by atoms with Crippen LogP contribution in [0.1, 0.15) is 92.2 Å². The minimum absolute atomic E-state index is 0.0825. The van der Waals surface area contributed by atoms with Crippen molar-refractivity contribution in [1.82, 2.24) is 15.5 Å². The van der Waals surface area contributed by atoms with Crippen molar-refractivity contribution in [2.45, 2.75) is 82.5 Å². The first kappa shape index (κ1) is 23.5. The molecule has 2 aromatic rings. The zero-order valence-electron chi connectivity index (χ0n) is 21.0. The third-order valence-electron chi connectivity index (χ3n) is 7.79. The SMILES string of the molecule is CC1(C)CC(=O)N(C2CC(C)(C)c3ccc(C(=O)N[C@@H]4c5ccccc5C[C@@]4(C)O)cc32)C(=N)N1. The Morgan fingerprint density at radius 1 is 1.09 bits per heavy atom. The summed E-state index contributed by atoms with van der Waals surface area (Å²) in [6, 6.07) is 12.6. The number of fused-ring (bicyclic) bond motifs is 2. The molecule has 0 saturated carbocycles. The number of nitrogens with one attached hydrogen (secondary N) is 3. The number of hydrogen-bond donors (Lipinski definition) is 4. The van der Waals surface area contributed by atoms with E-state index in [4.69, 9.17) is 5.41 Å². The van der Waals surface area contributed by atoms with Crippen molar-refractivity contribution in [3.63, 3.8) is 0 Å². The van der Waals surface area contributed by atoms with Crippen LogP contribution in [0.15, 0.2) is 42.5 Å². The molecule has 2 aliphatic carbocycles. The molecule has 4 N–H and O–H groups in total. The summed E-state index contributed by atoms with van der Waals surface area (Å²) in [5.41, 5.74) is 2.71. The molecule has 7 heteroatoms. The smallest absolute Gasteiger partial charge is 0.251 e. The Labute approximate surface area is 206 Å². The normalized spacial score (nSPS) is 28.3. The predicted octanol–water partition coefficient (Wildman–Crippen LogP) is 3.72. The van der Waals surface area contributed by atoms with Crippen LogP contribution >= 0.6 is 0 Å². The van der Waals surface area contributed by atoms with E-state index in [1.54, 1.807) is 11.8 Å². The number of rotatable bonds is 3. The highest BCUT2D eigenvalue weighted by molar-refractivity contribution is 6.00. The fourth-order valence-corrected chi connectivity index (χ4v) is 6.12. The minimum Gasteiger partial charge on any atom is -0.387 e. The molecule has 0 bridgehead atoms. The fourth-order valence-electron chi connectivity index (χ4n) is 6.12. The number of carbonyl (C=O) groups is 2. The standard InChI is InChI=1S/C28H34N4O3/c1-26(2)14-21(32-22(33)15-27(3,4)31-25(32)29)19-12-16(10-11-20(19)26)24(34)30-23-18-9-7-6-8-17(18)13-28(23,5)35/h6-12,21,23,35H,13-15H2,1-5H3,(H2,29,31)(H,30,34)/t21?,23-,28-/m1/s1. The van der Waals surface area contributed by atoms with E-state index >= 15 is 0 Å². The Hall–Kier alpha value is -3.19. The molecule has 7 nitrogen and oxygen atoms in total. The van der Waals surface area contributed by atoms with E-state index in [2.05, 4.69) is 24.5 Å². The van der Waals surface area contributed by atoms with Crippen LogP contribution in [-0.4, -0.2) is 38.9 Å². The van der Waals surface area contributed by atoms with Gasteiger partial charge in [-0.25, -0.2) is 0 Å². The van der Waals surface area contributed by atoms with Gasteiger partial charge in [-0.1, -0.05) is 44.2 Å². The Kier molecular flexibility index (Phi) is 5.15. The summed E-state index contributed by atoms with van der Waals surface area (Å²) in [6.45, 7) is 9.85. The number of nitrogens with zero attached hydrogens (tertiary/aromatic N) is 1. The van der Waals surface area contributed by atoms with Gasteiger partial charge in [0.1, 0.15) is 0 Å². The van der Waals surface area contributed by atoms with Crippen LogP contribution in [0, 0.1) is 5.41 Å². The first-order chi connectivity index (χ1) is 16.3. The lowest BCUT2D eigenvalue weighted by Crippen LogP contribution is -2.60. The van der Waals surface area contributed by atoms with Crippen LogP contribution in [0.25, 0.3) is 0 Å². The molecule has 0 radical (unpaired) electrons. The fraction of sp³-hybridized carbons (Fsp3) is 0.464. The van der Waals surface area contributed by atoms with E-state index in [0.717, 1.165) is 22.3 Å². The van der Waals surface area contributed by atoms with Gasteiger partial charge >= 0.3 is 0 Å². The van der Waals surface area contributed by atoms with Gasteiger partial charge in [0.05, 0.1) is 17.7 Å². The maximum absolute atomic E-state index is 13.4. The van der Waals surface area contributed by atoms with E-state index in [-0.39, 0.29) is 29.2 Å². The highest BCUT2D eigenvalue weighted by Gasteiger charge is 2.46. The molecular formula is C28H34N4O3.